The number of hydrogen-bond acceptors (Lipinski definition) is 4. The molecule has 1 aromatic heterocycles. The Labute approximate surface area is 130 Å². The molecule has 1 unspecified atom stereocenters. The molecular formula is C15H22ClN3O2. The molecule has 0 aliphatic heterocycles. The molecule has 0 amide bonds. The van der Waals surface area contributed by atoms with Gasteiger partial charge in [0.15, 0.2) is 0 Å². The van der Waals surface area contributed by atoms with Crippen LogP contribution in [0, 0.1) is 0 Å². The number of carbonyl (C=O) groups excluding carboxylic acids is 1. The standard InChI is InChI=1S/C15H21N3O2.ClH/c1-2-20-15(19)14(17-8-7-16)9-11-10-18-13-6-4-3-5-12(11)13;/h3-6,10,14,17-18H,2,7-9,16H2,1H3;1H. The van der Waals surface area contributed by atoms with Gasteiger partial charge in [-0.3, -0.25) is 4.79 Å². The molecule has 0 radical (unpaired) electrons. The summed E-state index contributed by atoms with van der Waals surface area (Å²) in [6.07, 6.45) is 2.53. The van der Waals surface area contributed by atoms with Gasteiger partial charge in [-0.05, 0) is 18.6 Å². The fourth-order valence-electron chi connectivity index (χ4n) is 2.26. The smallest absolute Gasteiger partial charge is 0.323 e. The van der Waals surface area contributed by atoms with Gasteiger partial charge in [-0.2, -0.15) is 0 Å². The largest absolute Gasteiger partial charge is 0.465 e. The predicted octanol–water partition coefficient (Wildman–Crippen LogP) is 1.61. The van der Waals surface area contributed by atoms with E-state index in [2.05, 4.69) is 10.3 Å². The van der Waals surface area contributed by atoms with Crippen molar-refractivity contribution in [2.75, 3.05) is 19.7 Å². The zero-order valence-electron chi connectivity index (χ0n) is 12.1. The SMILES string of the molecule is CCOC(=O)C(Cc1c[nH]c2ccccc12)NCCN.Cl. The highest BCUT2D eigenvalue weighted by molar-refractivity contribution is 5.85. The van der Waals surface area contributed by atoms with Gasteiger partial charge in [0.05, 0.1) is 6.61 Å². The Hall–Kier alpha value is -1.56. The number of nitrogens with one attached hydrogen (secondary N) is 2. The molecule has 0 saturated heterocycles. The van der Waals surface area contributed by atoms with Crippen LogP contribution in [0.2, 0.25) is 0 Å². The van der Waals surface area contributed by atoms with Crippen LogP contribution >= 0.6 is 12.4 Å². The molecule has 116 valence electrons. The van der Waals surface area contributed by atoms with Crippen LogP contribution in [0.1, 0.15) is 12.5 Å². The summed E-state index contributed by atoms with van der Waals surface area (Å²) in [7, 11) is 0. The van der Waals surface area contributed by atoms with Gasteiger partial charge in [-0.1, -0.05) is 18.2 Å². The van der Waals surface area contributed by atoms with E-state index < -0.39 is 0 Å². The van der Waals surface area contributed by atoms with E-state index in [1.54, 1.807) is 0 Å². The van der Waals surface area contributed by atoms with E-state index in [0.717, 1.165) is 16.5 Å². The molecule has 1 aromatic carbocycles. The minimum absolute atomic E-state index is 0. The minimum Gasteiger partial charge on any atom is -0.465 e. The van der Waals surface area contributed by atoms with Crippen molar-refractivity contribution in [3.05, 3.63) is 36.0 Å². The van der Waals surface area contributed by atoms with Crippen molar-refractivity contribution in [2.24, 2.45) is 5.73 Å². The van der Waals surface area contributed by atoms with Crippen molar-refractivity contribution >= 4 is 29.3 Å². The van der Waals surface area contributed by atoms with Crippen LogP contribution in [0.15, 0.2) is 30.5 Å². The number of ether oxygens (including phenoxy) is 1. The van der Waals surface area contributed by atoms with Gasteiger partial charge in [0.1, 0.15) is 6.04 Å². The zero-order chi connectivity index (χ0) is 14.4. The van der Waals surface area contributed by atoms with Gasteiger partial charge in [0.2, 0.25) is 0 Å². The first-order valence-corrected chi connectivity index (χ1v) is 6.91. The summed E-state index contributed by atoms with van der Waals surface area (Å²) >= 11 is 0. The number of rotatable bonds is 7. The Kier molecular flexibility index (Phi) is 7.22. The number of nitrogens with two attached hydrogens (primary N) is 1. The summed E-state index contributed by atoms with van der Waals surface area (Å²) in [6, 6.07) is 7.68. The van der Waals surface area contributed by atoms with Gasteiger partial charge in [0, 0.05) is 36.6 Å². The number of aromatic amines is 1. The number of carbonyl (C=O) groups is 1. The Morgan fingerprint density at radius 2 is 2.19 bits per heavy atom. The van der Waals surface area contributed by atoms with Gasteiger partial charge in [0.25, 0.3) is 0 Å². The number of H-pyrrole nitrogens is 1. The average Bonchev–Trinajstić information content (AvgIpc) is 2.87. The molecule has 5 nitrogen and oxygen atoms in total. The van der Waals surface area contributed by atoms with E-state index in [0.29, 0.717) is 26.1 Å². The summed E-state index contributed by atoms with van der Waals surface area (Å²) in [5.74, 6) is -0.230. The van der Waals surface area contributed by atoms with Crippen LogP contribution in [0.25, 0.3) is 10.9 Å². The molecule has 0 fully saturated rings. The molecule has 1 atom stereocenters. The van der Waals surface area contributed by atoms with Crippen LogP contribution in [0.3, 0.4) is 0 Å². The molecule has 0 aliphatic rings. The lowest BCUT2D eigenvalue weighted by Crippen LogP contribution is -2.42. The number of halogens is 1. The lowest BCUT2D eigenvalue weighted by Gasteiger charge is -2.16. The highest BCUT2D eigenvalue weighted by atomic mass is 35.5. The van der Waals surface area contributed by atoms with Crippen molar-refractivity contribution in [3.63, 3.8) is 0 Å². The van der Waals surface area contributed by atoms with Crippen LogP contribution in [-0.2, 0) is 16.0 Å². The van der Waals surface area contributed by atoms with Crippen molar-refractivity contribution in [1.29, 1.82) is 0 Å². The van der Waals surface area contributed by atoms with Gasteiger partial charge < -0.3 is 20.8 Å². The summed E-state index contributed by atoms with van der Waals surface area (Å²) in [5.41, 5.74) is 7.67. The molecule has 21 heavy (non-hydrogen) atoms. The van der Waals surface area contributed by atoms with Crippen molar-refractivity contribution in [3.8, 4) is 0 Å². The summed E-state index contributed by atoms with van der Waals surface area (Å²) < 4.78 is 5.11. The topological polar surface area (TPSA) is 80.1 Å². The number of benzene rings is 1. The van der Waals surface area contributed by atoms with E-state index >= 15 is 0 Å². The second-order valence-electron chi connectivity index (χ2n) is 4.61. The monoisotopic (exact) mass is 311 g/mol. The van der Waals surface area contributed by atoms with Crippen LogP contribution in [0.4, 0.5) is 0 Å². The van der Waals surface area contributed by atoms with Crippen LogP contribution in [0.5, 0.6) is 0 Å². The molecule has 2 rings (SSSR count). The third-order valence-electron chi connectivity index (χ3n) is 3.21. The first-order chi connectivity index (χ1) is 9.76. The van der Waals surface area contributed by atoms with Gasteiger partial charge >= 0.3 is 5.97 Å². The molecular weight excluding hydrogens is 290 g/mol. The van der Waals surface area contributed by atoms with Gasteiger partial charge in [-0.25, -0.2) is 0 Å². The van der Waals surface area contributed by atoms with Crippen molar-refractivity contribution in [2.45, 2.75) is 19.4 Å². The Balaban J connectivity index is 0.00000220. The van der Waals surface area contributed by atoms with Crippen LogP contribution < -0.4 is 11.1 Å². The Morgan fingerprint density at radius 1 is 1.43 bits per heavy atom. The summed E-state index contributed by atoms with van der Waals surface area (Å²) in [6.45, 7) is 3.27. The Morgan fingerprint density at radius 3 is 2.90 bits per heavy atom. The second-order valence-corrected chi connectivity index (χ2v) is 4.61. The fraction of sp³-hybridized carbons (Fsp3) is 0.400. The maximum Gasteiger partial charge on any atom is 0.323 e. The average molecular weight is 312 g/mol. The Bertz CT molecular complexity index is 571. The van der Waals surface area contributed by atoms with Gasteiger partial charge in [-0.15, -0.1) is 12.4 Å². The van der Waals surface area contributed by atoms with E-state index in [4.69, 9.17) is 10.5 Å². The summed E-state index contributed by atoms with van der Waals surface area (Å²) in [5, 5.41) is 4.28. The van der Waals surface area contributed by atoms with E-state index in [-0.39, 0.29) is 24.4 Å². The zero-order valence-corrected chi connectivity index (χ0v) is 12.9. The second kappa shape index (κ2) is 8.67. The molecule has 0 spiro atoms. The first kappa shape index (κ1) is 17.5. The number of aromatic nitrogens is 1. The third kappa shape index (κ3) is 4.46. The van der Waals surface area contributed by atoms with Crippen molar-refractivity contribution < 1.29 is 9.53 Å². The number of para-hydroxylation sites is 1. The van der Waals surface area contributed by atoms with E-state index in [1.165, 1.54) is 0 Å². The minimum atomic E-state index is -0.363. The van der Waals surface area contributed by atoms with E-state index in [9.17, 15) is 4.79 Å². The molecule has 0 bridgehead atoms. The molecule has 4 N–H and O–H groups in total. The highest BCUT2D eigenvalue weighted by Crippen LogP contribution is 2.19. The predicted molar refractivity (Wildman–Crippen MR) is 86.7 cm³/mol. The van der Waals surface area contributed by atoms with E-state index in [1.807, 2.05) is 37.4 Å². The lowest BCUT2D eigenvalue weighted by molar-refractivity contribution is -0.145. The maximum absolute atomic E-state index is 12.0. The number of hydrogen-bond donors (Lipinski definition) is 3. The highest BCUT2D eigenvalue weighted by Gasteiger charge is 2.20. The number of fused-ring (bicyclic) bond motifs is 1. The van der Waals surface area contributed by atoms with Crippen LogP contribution in [-0.4, -0.2) is 36.7 Å². The molecule has 6 heteroatoms. The molecule has 1 heterocycles. The summed E-state index contributed by atoms with van der Waals surface area (Å²) in [4.78, 5) is 15.2. The van der Waals surface area contributed by atoms with Crippen molar-refractivity contribution in [1.82, 2.24) is 10.3 Å². The molecule has 0 saturated carbocycles. The molecule has 2 aromatic rings. The number of esters is 1. The maximum atomic E-state index is 12.0. The quantitative estimate of drug-likeness (QED) is 0.679. The lowest BCUT2D eigenvalue weighted by atomic mass is 10.0. The fourth-order valence-corrected chi connectivity index (χ4v) is 2.26. The normalized spacial score (nSPS) is 11.9. The third-order valence-corrected chi connectivity index (χ3v) is 3.21. The first-order valence-electron chi connectivity index (χ1n) is 6.91. The molecule has 0 aliphatic carbocycles.